The van der Waals surface area contributed by atoms with Crippen molar-refractivity contribution >= 4 is 28.2 Å². The molecule has 5 heteroatoms. The Morgan fingerprint density at radius 3 is 2.66 bits per heavy atom. The average Bonchev–Trinajstić information content (AvgIpc) is 3.17. The zero-order valence-corrected chi connectivity index (χ0v) is 17.4. The molecule has 0 bridgehead atoms. The number of likely N-dealkylation sites (N-methyl/N-ethyl adjacent to an activating group) is 1. The summed E-state index contributed by atoms with van der Waals surface area (Å²) in [6.07, 6.45) is 3.22. The van der Waals surface area contributed by atoms with E-state index in [0.717, 1.165) is 55.9 Å². The fourth-order valence-corrected chi connectivity index (χ4v) is 4.11. The van der Waals surface area contributed by atoms with E-state index < -0.39 is 0 Å². The third kappa shape index (κ3) is 4.46. The summed E-state index contributed by atoms with van der Waals surface area (Å²) >= 11 is 0. The molecule has 0 unspecified atom stereocenters. The van der Waals surface area contributed by atoms with Crippen molar-refractivity contribution in [3.8, 4) is 0 Å². The van der Waals surface area contributed by atoms with Crippen molar-refractivity contribution in [2.45, 2.75) is 26.7 Å². The first-order valence-electron chi connectivity index (χ1n) is 10.6. The summed E-state index contributed by atoms with van der Waals surface area (Å²) in [7, 11) is 0. The van der Waals surface area contributed by atoms with E-state index in [0.29, 0.717) is 6.42 Å². The Hall–Kier alpha value is -2.79. The highest BCUT2D eigenvalue weighted by atomic mass is 16.1. The van der Waals surface area contributed by atoms with Crippen LogP contribution in [0.2, 0.25) is 0 Å². The molecule has 0 saturated carbocycles. The van der Waals surface area contributed by atoms with Gasteiger partial charge in [0.15, 0.2) is 0 Å². The molecule has 2 heterocycles. The van der Waals surface area contributed by atoms with Crippen molar-refractivity contribution in [3.63, 3.8) is 0 Å². The van der Waals surface area contributed by atoms with Crippen LogP contribution in [0.3, 0.4) is 0 Å². The smallest absolute Gasteiger partial charge is 0.224 e. The Balaban J connectivity index is 1.34. The maximum Gasteiger partial charge on any atom is 0.224 e. The van der Waals surface area contributed by atoms with Gasteiger partial charge in [-0.1, -0.05) is 25.1 Å². The quantitative estimate of drug-likeness (QED) is 0.664. The van der Waals surface area contributed by atoms with Gasteiger partial charge < -0.3 is 20.1 Å². The van der Waals surface area contributed by atoms with Crippen LogP contribution in [0.4, 0.5) is 11.4 Å². The van der Waals surface area contributed by atoms with Crippen LogP contribution in [0, 0.1) is 6.92 Å². The van der Waals surface area contributed by atoms with Crippen molar-refractivity contribution in [3.05, 3.63) is 59.8 Å². The number of nitrogens with zero attached hydrogens (tertiary/aromatic N) is 2. The maximum absolute atomic E-state index is 12.5. The van der Waals surface area contributed by atoms with Gasteiger partial charge in [0, 0.05) is 61.1 Å². The summed E-state index contributed by atoms with van der Waals surface area (Å²) in [5, 5.41) is 4.29. The van der Waals surface area contributed by atoms with Crippen molar-refractivity contribution in [2.24, 2.45) is 0 Å². The Labute approximate surface area is 172 Å². The first-order chi connectivity index (χ1) is 14.1. The number of hydrogen-bond acceptors (Lipinski definition) is 3. The first-order valence-corrected chi connectivity index (χ1v) is 10.6. The number of carbonyl (C=O) groups excluding carboxylic acids is 1. The first kappa shape index (κ1) is 19.5. The second-order valence-corrected chi connectivity index (χ2v) is 7.83. The Bertz CT molecular complexity index is 985. The zero-order chi connectivity index (χ0) is 20.2. The van der Waals surface area contributed by atoms with E-state index in [2.05, 4.69) is 58.2 Å². The van der Waals surface area contributed by atoms with E-state index in [9.17, 15) is 4.79 Å². The zero-order valence-electron chi connectivity index (χ0n) is 17.4. The van der Waals surface area contributed by atoms with Gasteiger partial charge in [-0.3, -0.25) is 4.79 Å². The normalized spacial score (nSPS) is 15.0. The monoisotopic (exact) mass is 390 g/mol. The van der Waals surface area contributed by atoms with E-state index >= 15 is 0 Å². The Morgan fingerprint density at radius 2 is 1.90 bits per heavy atom. The number of hydrogen-bond donors (Lipinski definition) is 2. The number of para-hydroxylation sites is 1. The van der Waals surface area contributed by atoms with Gasteiger partial charge in [0.1, 0.15) is 0 Å². The number of aryl methyl sites for hydroxylation is 2. The number of benzene rings is 2. The molecule has 5 nitrogen and oxygen atoms in total. The largest absolute Gasteiger partial charge is 0.369 e. The van der Waals surface area contributed by atoms with Crippen LogP contribution < -0.4 is 10.2 Å². The number of piperazine rings is 1. The molecular weight excluding hydrogens is 360 g/mol. The van der Waals surface area contributed by atoms with Crippen molar-refractivity contribution in [2.75, 3.05) is 42.9 Å². The SMILES string of the molecule is CCN1CCN(c2ccc(NC(=O)CCc3c[nH]c4ccccc34)c(C)c2)CC1. The van der Waals surface area contributed by atoms with Gasteiger partial charge in [-0.15, -0.1) is 0 Å². The summed E-state index contributed by atoms with van der Waals surface area (Å²) in [4.78, 5) is 20.7. The average molecular weight is 391 g/mol. The molecule has 152 valence electrons. The molecular formula is C24H30N4O. The lowest BCUT2D eigenvalue weighted by Gasteiger charge is -2.35. The molecule has 1 saturated heterocycles. The Kier molecular flexibility index (Phi) is 5.86. The van der Waals surface area contributed by atoms with Crippen molar-refractivity contribution in [1.29, 1.82) is 0 Å². The van der Waals surface area contributed by atoms with Crippen LogP contribution >= 0.6 is 0 Å². The summed E-state index contributed by atoms with van der Waals surface area (Å²) < 4.78 is 0. The predicted molar refractivity (Wildman–Crippen MR) is 121 cm³/mol. The highest BCUT2D eigenvalue weighted by molar-refractivity contribution is 5.92. The van der Waals surface area contributed by atoms with E-state index in [1.165, 1.54) is 16.6 Å². The molecule has 3 aromatic rings. The highest BCUT2D eigenvalue weighted by Crippen LogP contribution is 2.24. The molecule has 4 rings (SSSR count). The van der Waals surface area contributed by atoms with Crippen LogP contribution in [0.25, 0.3) is 10.9 Å². The van der Waals surface area contributed by atoms with Crippen LogP contribution in [0.15, 0.2) is 48.7 Å². The highest BCUT2D eigenvalue weighted by Gasteiger charge is 2.16. The molecule has 0 radical (unpaired) electrons. The lowest BCUT2D eigenvalue weighted by atomic mass is 10.1. The second-order valence-electron chi connectivity index (χ2n) is 7.83. The van der Waals surface area contributed by atoms with Crippen LogP contribution in [0.1, 0.15) is 24.5 Å². The molecule has 1 amide bonds. The minimum absolute atomic E-state index is 0.0580. The predicted octanol–water partition coefficient (Wildman–Crippen LogP) is 4.19. The van der Waals surface area contributed by atoms with Crippen molar-refractivity contribution in [1.82, 2.24) is 9.88 Å². The number of amides is 1. The number of anilines is 2. The number of aromatic nitrogens is 1. The topological polar surface area (TPSA) is 51.4 Å². The van der Waals surface area contributed by atoms with Gasteiger partial charge in [0.25, 0.3) is 0 Å². The molecule has 2 N–H and O–H groups in total. The molecule has 1 aliphatic heterocycles. The molecule has 1 aliphatic rings. The van der Waals surface area contributed by atoms with Gasteiger partial charge in [-0.05, 0) is 55.3 Å². The fourth-order valence-electron chi connectivity index (χ4n) is 4.11. The fraction of sp³-hybridized carbons (Fsp3) is 0.375. The molecule has 1 fully saturated rings. The van der Waals surface area contributed by atoms with Gasteiger partial charge in [0.05, 0.1) is 0 Å². The molecule has 2 aromatic carbocycles. The van der Waals surface area contributed by atoms with E-state index in [1.54, 1.807) is 0 Å². The summed E-state index contributed by atoms with van der Waals surface area (Å²) in [5.41, 5.74) is 5.57. The number of nitrogens with one attached hydrogen (secondary N) is 2. The lowest BCUT2D eigenvalue weighted by molar-refractivity contribution is -0.116. The van der Waals surface area contributed by atoms with Crippen molar-refractivity contribution < 1.29 is 4.79 Å². The van der Waals surface area contributed by atoms with E-state index in [-0.39, 0.29) is 5.91 Å². The molecule has 0 spiro atoms. The maximum atomic E-state index is 12.5. The number of H-pyrrole nitrogens is 1. The van der Waals surface area contributed by atoms with Gasteiger partial charge in [-0.25, -0.2) is 0 Å². The minimum atomic E-state index is 0.0580. The van der Waals surface area contributed by atoms with Crippen LogP contribution in [-0.4, -0.2) is 48.5 Å². The minimum Gasteiger partial charge on any atom is -0.369 e. The van der Waals surface area contributed by atoms with E-state index in [4.69, 9.17) is 0 Å². The number of carbonyl (C=O) groups is 1. The second kappa shape index (κ2) is 8.70. The summed E-state index contributed by atoms with van der Waals surface area (Å²) in [5.74, 6) is 0.0580. The summed E-state index contributed by atoms with van der Waals surface area (Å²) in [6, 6.07) is 14.6. The lowest BCUT2D eigenvalue weighted by Crippen LogP contribution is -2.46. The third-order valence-electron chi connectivity index (χ3n) is 5.97. The third-order valence-corrected chi connectivity index (χ3v) is 5.97. The number of fused-ring (bicyclic) bond motifs is 1. The molecule has 1 aromatic heterocycles. The van der Waals surface area contributed by atoms with Crippen LogP contribution in [-0.2, 0) is 11.2 Å². The Morgan fingerprint density at radius 1 is 1.10 bits per heavy atom. The van der Waals surface area contributed by atoms with Gasteiger partial charge >= 0.3 is 0 Å². The molecule has 0 aliphatic carbocycles. The van der Waals surface area contributed by atoms with Crippen LogP contribution in [0.5, 0.6) is 0 Å². The van der Waals surface area contributed by atoms with Gasteiger partial charge in [-0.2, -0.15) is 0 Å². The van der Waals surface area contributed by atoms with E-state index in [1.807, 2.05) is 24.4 Å². The standard InChI is InChI=1S/C24H30N4O/c1-3-27-12-14-28(15-13-27)20-9-10-22(18(2)16-20)26-24(29)11-8-19-17-25-23-7-5-4-6-21(19)23/h4-7,9-10,16-17,25H,3,8,11-15H2,1-2H3,(H,26,29). The number of rotatable bonds is 6. The molecule has 29 heavy (non-hydrogen) atoms. The number of aromatic amines is 1. The molecule has 0 atom stereocenters. The van der Waals surface area contributed by atoms with Gasteiger partial charge in [0.2, 0.25) is 5.91 Å². The summed E-state index contributed by atoms with van der Waals surface area (Å²) in [6.45, 7) is 9.75.